The monoisotopic (exact) mass is 311 g/mol. The van der Waals surface area contributed by atoms with Gasteiger partial charge in [0.05, 0.1) is 0 Å². The summed E-state index contributed by atoms with van der Waals surface area (Å²) in [5, 5.41) is 3.31. The summed E-state index contributed by atoms with van der Waals surface area (Å²) in [6.45, 7) is 6.79. The van der Waals surface area contributed by atoms with Crippen LogP contribution in [0, 0.1) is 0 Å². The molecule has 0 amide bonds. The molecule has 1 aliphatic heterocycles. The van der Waals surface area contributed by atoms with Gasteiger partial charge < -0.3 is 9.88 Å². The second kappa shape index (κ2) is 6.77. The van der Waals surface area contributed by atoms with E-state index >= 15 is 0 Å². The largest absolute Gasteiger partial charge is 0.352 e. The van der Waals surface area contributed by atoms with Gasteiger partial charge in [-0.25, -0.2) is 8.42 Å². The van der Waals surface area contributed by atoms with Crippen LogP contribution in [0.4, 0.5) is 0 Å². The van der Waals surface area contributed by atoms with E-state index in [1.54, 1.807) is 16.6 Å². The van der Waals surface area contributed by atoms with Crippen LogP contribution in [0.3, 0.4) is 0 Å². The van der Waals surface area contributed by atoms with Gasteiger partial charge in [-0.1, -0.05) is 18.6 Å². The van der Waals surface area contributed by atoms with E-state index in [1.807, 2.05) is 18.5 Å². The van der Waals surface area contributed by atoms with E-state index in [2.05, 4.69) is 18.3 Å². The molecule has 0 atom stereocenters. The lowest BCUT2D eigenvalue weighted by Crippen LogP contribution is -2.35. The lowest BCUT2D eigenvalue weighted by molar-refractivity contribution is 0.428. The SMILES string of the molecule is CCCNCc1cc(S(=O)(=O)N2CCC=C(C)C2)cn1C. The molecular formula is C15H25N3O2S. The number of sulfonamides is 1. The number of rotatable bonds is 6. The summed E-state index contributed by atoms with van der Waals surface area (Å²) < 4.78 is 28.8. The fourth-order valence-electron chi connectivity index (χ4n) is 2.52. The van der Waals surface area contributed by atoms with Crippen molar-refractivity contribution >= 4 is 10.0 Å². The van der Waals surface area contributed by atoms with E-state index in [1.165, 1.54) is 0 Å². The first-order chi connectivity index (χ1) is 9.95. The van der Waals surface area contributed by atoms with Crippen molar-refractivity contribution in [2.75, 3.05) is 19.6 Å². The molecule has 21 heavy (non-hydrogen) atoms. The van der Waals surface area contributed by atoms with Gasteiger partial charge in [0, 0.05) is 38.6 Å². The van der Waals surface area contributed by atoms with Crippen LogP contribution in [0.1, 0.15) is 32.4 Å². The Morgan fingerprint density at radius 3 is 2.81 bits per heavy atom. The van der Waals surface area contributed by atoms with E-state index in [4.69, 9.17) is 0 Å². The smallest absolute Gasteiger partial charge is 0.244 e. The van der Waals surface area contributed by atoms with E-state index in [9.17, 15) is 8.42 Å². The minimum absolute atomic E-state index is 0.396. The van der Waals surface area contributed by atoms with Crippen LogP contribution in [0.25, 0.3) is 0 Å². The molecule has 5 nitrogen and oxygen atoms in total. The Morgan fingerprint density at radius 2 is 2.14 bits per heavy atom. The van der Waals surface area contributed by atoms with Crippen LogP contribution in [0.15, 0.2) is 28.8 Å². The van der Waals surface area contributed by atoms with Crippen molar-refractivity contribution in [1.82, 2.24) is 14.2 Å². The first-order valence-corrected chi connectivity index (χ1v) is 8.91. The van der Waals surface area contributed by atoms with Crippen molar-refractivity contribution in [2.24, 2.45) is 7.05 Å². The van der Waals surface area contributed by atoms with Crippen molar-refractivity contribution in [1.29, 1.82) is 0 Å². The fraction of sp³-hybridized carbons (Fsp3) is 0.600. The third-order valence-electron chi connectivity index (χ3n) is 3.75. The number of aromatic nitrogens is 1. The number of nitrogens with one attached hydrogen (secondary N) is 1. The molecule has 0 fully saturated rings. The Kier molecular flexibility index (Phi) is 5.24. The first kappa shape index (κ1) is 16.3. The third-order valence-corrected chi connectivity index (χ3v) is 5.56. The molecule has 1 aromatic rings. The molecular weight excluding hydrogens is 286 g/mol. The average Bonchev–Trinajstić information content (AvgIpc) is 2.81. The zero-order chi connectivity index (χ0) is 15.5. The molecule has 0 aromatic carbocycles. The highest BCUT2D eigenvalue weighted by Gasteiger charge is 2.27. The maximum Gasteiger partial charge on any atom is 0.244 e. The Bertz CT molecular complexity index is 617. The van der Waals surface area contributed by atoms with Crippen molar-refractivity contribution < 1.29 is 8.42 Å². The van der Waals surface area contributed by atoms with Gasteiger partial charge in [-0.2, -0.15) is 4.31 Å². The van der Waals surface area contributed by atoms with Gasteiger partial charge >= 0.3 is 0 Å². The molecule has 0 aliphatic carbocycles. The van der Waals surface area contributed by atoms with Crippen molar-refractivity contribution in [3.05, 3.63) is 29.6 Å². The highest BCUT2D eigenvalue weighted by atomic mass is 32.2. The molecule has 2 heterocycles. The summed E-state index contributed by atoms with van der Waals surface area (Å²) in [5.74, 6) is 0. The molecule has 0 saturated heterocycles. The number of nitrogens with zero attached hydrogens (tertiary/aromatic N) is 2. The van der Waals surface area contributed by atoms with E-state index in [-0.39, 0.29) is 0 Å². The third kappa shape index (κ3) is 3.75. The quantitative estimate of drug-likeness (QED) is 0.644. The predicted molar refractivity (Wildman–Crippen MR) is 84.5 cm³/mol. The highest BCUT2D eigenvalue weighted by Crippen LogP contribution is 2.22. The van der Waals surface area contributed by atoms with Crippen LogP contribution >= 0.6 is 0 Å². The molecule has 2 rings (SSSR count). The van der Waals surface area contributed by atoms with Crippen molar-refractivity contribution in [3.8, 4) is 0 Å². The van der Waals surface area contributed by atoms with Crippen LogP contribution in [-0.4, -0.2) is 36.9 Å². The Morgan fingerprint density at radius 1 is 1.38 bits per heavy atom. The van der Waals surface area contributed by atoms with Crippen LogP contribution in [0.5, 0.6) is 0 Å². The minimum Gasteiger partial charge on any atom is -0.352 e. The molecule has 118 valence electrons. The Labute approximate surface area is 127 Å². The second-order valence-electron chi connectivity index (χ2n) is 5.63. The Balaban J connectivity index is 2.17. The van der Waals surface area contributed by atoms with Gasteiger partial charge in [-0.3, -0.25) is 0 Å². The number of hydrogen-bond acceptors (Lipinski definition) is 3. The summed E-state index contributed by atoms with van der Waals surface area (Å²) >= 11 is 0. The summed E-state index contributed by atoms with van der Waals surface area (Å²) in [7, 11) is -1.49. The maximum absolute atomic E-state index is 12.7. The van der Waals surface area contributed by atoms with Crippen LogP contribution in [-0.2, 0) is 23.6 Å². The average molecular weight is 311 g/mol. The van der Waals surface area contributed by atoms with E-state index in [0.29, 0.717) is 24.5 Å². The summed E-state index contributed by atoms with van der Waals surface area (Å²) in [6, 6.07) is 1.78. The lowest BCUT2D eigenvalue weighted by atomic mass is 10.2. The molecule has 0 saturated carbocycles. The van der Waals surface area contributed by atoms with E-state index < -0.39 is 10.0 Å². The summed E-state index contributed by atoms with van der Waals surface area (Å²) in [4.78, 5) is 0.396. The topological polar surface area (TPSA) is 54.3 Å². The predicted octanol–water partition coefficient (Wildman–Crippen LogP) is 1.87. The molecule has 1 aromatic heterocycles. The highest BCUT2D eigenvalue weighted by molar-refractivity contribution is 7.89. The normalized spacial score (nSPS) is 17.0. The zero-order valence-electron chi connectivity index (χ0n) is 13.1. The Hall–Kier alpha value is -1.11. The van der Waals surface area contributed by atoms with Gasteiger partial charge in [-0.05, 0) is 32.4 Å². The second-order valence-corrected chi connectivity index (χ2v) is 7.57. The van der Waals surface area contributed by atoms with Gasteiger partial charge in [0.25, 0.3) is 0 Å². The van der Waals surface area contributed by atoms with Gasteiger partial charge in [-0.15, -0.1) is 0 Å². The summed E-state index contributed by atoms with van der Waals surface area (Å²) in [6.07, 6.45) is 5.68. The molecule has 1 aliphatic rings. The number of aryl methyl sites for hydroxylation is 1. The summed E-state index contributed by atoms with van der Waals surface area (Å²) in [5.41, 5.74) is 2.11. The molecule has 6 heteroatoms. The maximum atomic E-state index is 12.7. The molecule has 0 unspecified atom stereocenters. The minimum atomic E-state index is -3.38. The van der Waals surface area contributed by atoms with Gasteiger partial charge in [0.2, 0.25) is 10.0 Å². The molecule has 1 N–H and O–H groups in total. The lowest BCUT2D eigenvalue weighted by Gasteiger charge is -2.24. The van der Waals surface area contributed by atoms with Crippen LogP contribution in [0.2, 0.25) is 0 Å². The van der Waals surface area contributed by atoms with Crippen LogP contribution < -0.4 is 5.32 Å². The molecule has 0 radical (unpaired) electrons. The standard InChI is InChI=1S/C15H25N3O2S/c1-4-7-16-10-14-9-15(12-17(14)3)21(19,20)18-8-5-6-13(2)11-18/h6,9,12,16H,4-5,7-8,10-11H2,1-3H3. The molecule has 0 bridgehead atoms. The molecule has 0 spiro atoms. The van der Waals surface area contributed by atoms with E-state index in [0.717, 1.165) is 30.7 Å². The van der Waals surface area contributed by atoms with Gasteiger partial charge in [0.1, 0.15) is 4.90 Å². The van der Waals surface area contributed by atoms with Crippen molar-refractivity contribution in [3.63, 3.8) is 0 Å². The first-order valence-electron chi connectivity index (χ1n) is 7.47. The zero-order valence-corrected chi connectivity index (χ0v) is 13.9. The van der Waals surface area contributed by atoms with Gasteiger partial charge in [0.15, 0.2) is 0 Å². The fourth-order valence-corrected chi connectivity index (χ4v) is 4.11. The number of hydrogen-bond donors (Lipinski definition) is 1. The van der Waals surface area contributed by atoms with Crippen molar-refractivity contribution in [2.45, 2.75) is 38.1 Å².